The van der Waals surface area contributed by atoms with Gasteiger partial charge in [-0.15, -0.1) is 0 Å². The zero-order valence-electron chi connectivity index (χ0n) is 7.98. The topological polar surface area (TPSA) is 161 Å². The zero-order valence-corrected chi connectivity index (χ0v) is 9.99. The van der Waals surface area contributed by atoms with Crippen molar-refractivity contribution in [1.29, 1.82) is 0 Å². The van der Waals surface area contributed by atoms with Crippen molar-refractivity contribution in [3.05, 3.63) is 24.3 Å². The van der Waals surface area contributed by atoms with E-state index in [4.69, 9.17) is 0 Å². The van der Waals surface area contributed by atoms with Gasteiger partial charge in [0.05, 0.1) is 23.9 Å². The van der Waals surface area contributed by atoms with Gasteiger partial charge in [-0.05, 0) is 24.3 Å². The summed E-state index contributed by atoms with van der Waals surface area (Å²) in [7, 11) is 0. The minimum absolute atomic E-state index is 0. The smallest absolute Gasteiger partial charge is 0.545 e. The van der Waals surface area contributed by atoms with Gasteiger partial charge in [0.25, 0.3) is 0 Å². The molecule has 17 heavy (non-hydrogen) atoms. The van der Waals surface area contributed by atoms with Gasteiger partial charge in [0.2, 0.25) is 0 Å². The molecule has 0 spiro atoms. The number of hydrogen-bond donors (Lipinski definition) is 0. The molecule has 0 aromatic rings. The number of carboxylic acid groups (broad SMARTS) is 4. The van der Waals surface area contributed by atoms with Crippen LogP contribution in [0.15, 0.2) is 24.3 Å². The van der Waals surface area contributed by atoms with E-state index in [1.54, 1.807) is 0 Å². The van der Waals surface area contributed by atoms with Gasteiger partial charge in [-0.1, -0.05) is 0 Å². The van der Waals surface area contributed by atoms with Crippen molar-refractivity contribution in [1.82, 2.24) is 0 Å². The van der Waals surface area contributed by atoms with Crippen molar-refractivity contribution >= 4 is 23.9 Å². The maximum atomic E-state index is 9.41. The molecule has 0 rings (SSSR count). The summed E-state index contributed by atoms with van der Waals surface area (Å²) in [5.41, 5.74) is 0. The minimum atomic E-state index is -1.55. The normalized spacial score (nSPS) is 8.94. The van der Waals surface area contributed by atoms with Crippen molar-refractivity contribution < 1.29 is 60.7 Å². The maximum Gasteiger partial charge on any atom is 4.00 e. The van der Waals surface area contributed by atoms with Gasteiger partial charge in [0.15, 0.2) is 0 Å². The summed E-state index contributed by atoms with van der Waals surface area (Å²) in [6.07, 6.45) is 1.54. The molecule has 0 radical (unpaired) electrons. The zero-order chi connectivity index (χ0) is 13.1. The summed E-state index contributed by atoms with van der Waals surface area (Å²) in [6, 6.07) is 0. The number of hydrogen-bond acceptors (Lipinski definition) is 8. The van der Waals surface area contributed by atoms with E-state index in [2.05, 4.69) is 0 Å². The van der Waals surface area contributed by atoms with E-state index >= 15 is 0 Å². The van der Waals surface area contributed by atoms with Crippen LogP contribution in [0.5, 0.6) is 0 Å². The molecule has 0 N–H and O–H groups in total. The quantitative estimate of drug-likeness (QED) is 0.365. The van der Waals surface area contributed by atoms with E-state index in [1.807, 2.05) is 0 Å². The molecule has 0 fully saturated rings. The number of carbonyl (C=O) groups is 4. The second-order valence-electron chi connectivity index (χ2n) is 1.94. The molecule has 0 aliphatic carbocycles. The van der Waals surface area contributed by atoms with Gasteiger partial charge in [-0.2, -0.15) is 0 Å². The molecule has 0 unspecified atom stereocenters. The third-order valence-corrected chi connectivity index (χ3v) is 0.711. The molecule has 0 atom stereocenters. The average Bonchev–Trinajstić information content (AvgIpc) is 2.12. The fourth-order valence-corrected chi connectivity index (χ4v) is 0.272. The van der Waals surface area contributed by atoms with Crippen LogP contribution >= 0.6 is 0 Å². The standard InChI is InChI=1S/2C4H4O4.Mo/c2*5-3(6)1-2-4(7)8;/h2*1-2H,(H,5,6)(H,7,8);/q;;+4/p-4. The molecule has 0 aliphatic heterocycles. The first kappa shape index (κ1) is 20.5. The van der Waals surface area contributed by atoms with Crippen LogP contribution in [0.2, 0.25) is 0 Å². The van der Waals surface area contributed by atoms with E-state index in [0.717, 1.165) is 0 Å². The summed E-state index contributed by atoms with van der Waals surface area (Å²) >= 11 is 0. The van der Waals surface area contributed by atoms with Crippen LogP contribution in [0.3, 0.4) is 0 Å². The Labute approximate surface area is 109 Å². The second-order valence-corrected chi connectivity index (χ2v) is 1.94. The molecular formula is C8H4MoO8. The van der Waals surface area contributed by atoms with E-state index in [-0.39, 0.29) is 21.1 Å². The van der Waals surface area contributed by atoms with E-state index in [0.29, 0.717) is 24.3 Å². The first-order chi connectivity index (χ1) is 7.25. The predicted molar refractivity (Wildman–Crippen MR) is 38.3 cm³/mol. The van der Waals surface area contributed by atoms with Crippen LogP contribution in [0.25, 0.3) is 0 Å². The Hall–Kier alpha value is -1.95. The predicted octanol–water partition coefficient (Wildman–Crippen LogP) is -5.92. The molecule has 0 aromatic heterocycles. The van der Waals surface area contributed by atoms with Crippen LogP contribution in [-0.2, 0) is 40.2 Å². The number of carboxylic acids is 4. The van der Waals surface area contributed by atoms with Crippen molar-refractivity contribution in [2.45, 2.75) is 0 Å². The first-order valence-electron chi connectivity index (χ1n) is 3.45. The largest absolute Gasteiger partial charge is 4.00 e. The molecule has 9 heteroatoms. The SMILES string of the molecule is O=C([O-])C=CC(=O)[O-].O=C([O-])C=CC(=O)[O-].[Mo+4]. The summed E-state index contributed by atoms with van der Waals surface area (Å²) < 4.78 is 0. The van der Waals surface area contributed by atoms with Gasteiger partial charge in [-0.25, -0.2) is 0 Å². The van der Waals surface area contributed by atoms with Crippen LogP contribution < -0.4 is 20.4 Å². The molecule has 8 nitrogen and oxygen atoms in total. The number of aliphatic carboxylic acids is 4. The summed E-state index contributed by atoms with van der Waals surface area (Å²) in [4.78, 5) is 37.7. The molecule has 0 heterocycles. The van der Waals surface area contributed by atoms with Crippen molar-refractivity contribution in [2.24, 2.45) is 0 Å². The molecule has 90 valence electrons. The Morgan fingerprint density at radius 1 is 0.529 bits per heavy atom. The second kappa shape index (κ2) is 12.1. The minimum Gasteiger partial charge on any atom is -0.545 e. The summed E-state index contributed by atoms with van der Waals surface area (Å²) in [5, 5.41) is 37.7. The molecule has 0 saturated heterocycles. The Kier molecular flexibility index (Phi) is 14.6. The van der Waals surface area contributed by atoms with Gasteiger partial charge >= 0.3 is 21.1 Å². The first-order valence-corrected chi connectivity index (χ1v) is 3.45. The van der Waals surface area contributed by atoms with E-state index in [9.17, 15) is 39.6 Å². The van der Waals surface area contributed by atoms with Gasteiger partial charge in [-0.3, -0.25) is 0 Å². The van der Waals surface area contributed by atoms with Gasteiger partial charge in [0.1, 0.15) is 0 Å². The fourth-order valence-electron chi connectivity index (χ4n) is 0.272. The van der Waals surface area contributed by atoms with Crippen LogP contribution in [-0.4, -0.2) is 23.9 Å². The van der Waals surface area contributed by atoms with Crippen LogP contribution in [0, 0.1) is 0 Å². The Morgan fingerprint density at radius 3 is 0.706 bits per heavy atom. The molecule has 0 saturated carbocycles. The summed E-state index contributed by atoms with van der Waals surface area (Å²) in [5.74, 6) is -6.19. The summed E-state index contributed by atoms with van der Waals surface area (Å²) in [6.45, 7) is 0. The van der Waals surface area contributed by atoms with Gasteiger partial charge < -0.3 is 39.6 Å². The van der Waals surface area contributed by atoms with Crippen LogP contribution in [0.4, 0.5) is 0 Å². The van der Waals surface area contributed by atoms with E-state index in [1.165, 1.54) is 0 Å². The van der Waals surface area contributed by atoms with Gasteiger partial charge in [0, 0.05) is 0 Å². The average molecular weight is 324 g/mol. The monoisotopic (exact) mass is 326 g/mol. The molecule has 0 bridgehead atoms. The van der Waals surface area contributed by atoms with Crippen LogP contribution in [0.1, 0.15) is 0 Å². The Balaban J connectivity index is -0.000000218. The van der Waals surface area contributed by atoms with Crippen molar-refractivity contribution in [3.63, 3.8) is 0 Å². The maximum absolute atomic E-state index is 9.41. The Bertz CT molecular complexity index is 277. The Morgan fingerprint density at radius 2 is 0.647 bits per heavy atom. The molecule has 0 aliphatic rings. The fraction of sp³-hybridized carbons (Fsp3) is 0. The third kappa shape index (κ3) is 31.5. The van der Waals surface area contributed by atoms with Crippen molar-refractivity contribution in [3.8, 4) is 0 Å². The molecule has 0 aromatic carbocycles. The number of rotatable bonds is 4. The molecule has 0 amide bonds. The molecular weight excluding hydrogens is 320 g/mol. The number of carbonyl (C=O) groups excluding carboxylic acids is 4. The third-order valence-electron chi connectivity index (χ3n) is 0.711. The van der Waals surface area contributed by atoms with Crippen molar-refractivity contribution in [2.75, 3.05) is 0 Å². The van der Waals surface area contributed by atoms with E-state index < -0.39 is 23.9 Å².